The summed E-state index contributed by atoms with van der Waals surface area (Å²) in [4.78, 5) is 31.8. The summed E-state index contributed by atoms with van der Waals surface area (Å²) in [6.07, 6.45) is 5.61. The van der Waals surface area contributed by atoms with E-state index >= 15 is 0 Å². The number of fused-ring (bicyclic) bond motifs is 4. The minimum atomic E-state index is -0.234. The van der Waals surface area contributed by atoms with E-state index < -0.39 is 0 Å². The van der Waals surface area contributed by atoms with Gasteiger partial charge in [0.25, 0.3) is 11.8 Å². The Morgan fingerprint density at radius 2 is 1.04 bits per heavy atom. The van der Waals surface area contributed by atoms with Crippen molar-refractivity contribution in [3.63, 3.8) is 0 Å². The van der Waals surface area contributed by atoms with Crippen LogP contribution in [0.15, 0.2) is 115 Å². The molecule has 0 saturated heterocycles. The van der Waals surface area contributed by atoms with Crippen LogP contribution in [0.5, 0.6) is 5.75 Å². The third-order valence-corrected chi connectivity index (χ3v) is 10.5. The van der Waals surface area contributed by atoms with Crippen LogP contribution in [0.25, 0.3) is 43.1 Å². The molecule has 0 aliphatic carbocycles. The fraction of sp³-hybridized carbons (Fsp3) is 0.208. The third-order valence-electron chi connectivity index (χ3n) is 10.5. The largest absolute Gasteiger partial charge is 0.480 e. The molecule has 7 aromatic carbocycles. The summed E-state index contributed by atoms with van der Waals surface area (Å²) in [5.41, 5.74) is 5.37. The van der Waals surface area contributed by atoms with Crippen LogP contribution in [0.1, 0.15) is 49.9 Å². The summed E-state index contributed by atoms with van der Waals surface area (Å²) >= 11 is 0. The van der Waals surface area contributed by atoms with Crippen molar-refractivity contribution in [1.29, 1.82) is 0 Å². The summed E-state index contributed by atoms with van der Waals surface area (Å²) in [6.45, 7) is 5.17. The maximum atomic E-state index is 14.3. The molecule has 7 heteroatoms. The van der Waals surface area contributed by atoms with Crippen molar-refractivity contribution in [3.05, 3.63) is 149 Å². The Balaban J connectivity index is 1.20. The molecule has 7 aromatic rings. The molecule has 0 aliphatic rings. The number of terminal acetylenes is 1. The zero-order valence-electron chi connectivity index (χ0n) is 31.9. The second-order valence-corrected chi connectivity index (χ2v) is 13.9. The van der Waals surface area contributed by atoms with Crippen LogP contribution in [0, 0.1) is 12.3 Å². The standard InChI is InChI=1S/C48H46N4O3/c1-6-26-55-46-27-32(47(53)51(4)30-44-39-22-14-10-18-35(39)43(29-50-7-2)36-19-11-15-23-40(36)44)24-25-41(46)48(54)52(5)31-45-37-20-12-8-16-33(37)42(28-49-3)34-17-9-13-21-38(34)45/h1,8-25,27,49-50H,7,26,28-31H2,2-5H3. The van der Waals surface area contributed by atoms with Gasteiger partial charge in [-0.2, -0.15) is 0 Å². The molecule has 0 heterocycles. The number of benzene rings is 7. The fourth-order valence-electron chi connectivity index (χ4n) is 7.88. The van der Waals surface area contributed by atoms with Gasteiger partial charge in [0.05, 0.1) is 5.56 Å². The molecule has 0 unspecified atom stereocenters. The maximum absolute atomic E-state index is 14.3. The molecular formula is C48H46N4O3. The van der Waals surface area contributed by atoms with Gasteiger partial charge in [-0.05, 0) is 97.1 Å². The van der Waals surface area contributed by atoms with E-state index in [9.17, 15) is 9.59 Å². The lowest BCUT2D eigenvalue weighted by Gasteiger charge is -2.24. The highest BCUT2D eigenvalue weighted by Crippen LogP contribution is 2.36. The Hall–Kier alpha value is -6.20. The van der Waals surface area contributed by atoms with Gasteiger partial charge < -0.3 is 25.2 Å². The van der Waals surface area contributed by atoms with Crippen molar-refractivity contribution < 1.29 is 14.3 Å². The molecule has 0 saturated carbocycles. The average Bonchev–Trinajstić information content (AvgIpc) is 3.23. The van der Waals surface area contributed by atoms with Gasteiger partial charge in [0, 0.05) is 45.8 Å². The lowest BCUT2D eigenvalue weighted by Crippen LogP contribution is -2.28. The highest BCUT2D eigenvalue weighted by molar-refractivity contribution is 6.08. The van der Waals surface area contributed by atoms with Crippen LogP contribution in [0.2, 0.25) is 0 Å². The van der Waals surface area contributed by atoms with Gasteiger partial charge >= 0.3 is 0 Å². The van der Waals surface area contributed by atoms with Crippen LogP contribution >= 0.6 is 0 Å². The fourth-order valence-corrected chi connectivity index (χ4v) is 7.88. The summed E-state index contributed by atoms with van der Waals surface area (Å²) in [7, 11) is 5.56. The first-order chi connectivity index (χ1) is 26.9. The number of nitrogens with one attached hydrogen (secondary N) is 2. The molecule has 276 valence electrons. The number of hydrogen-bond donors (Lipinski definition) is 2. The predicted octanol–water partition coefficient (Wildman–Crippen LogP) is 8.68. The number of carbonyl (C=O) groups excluding carboxylic acids is 2. The van der Waals surface area contributed by atoms with E-state index in [1.807, 2.05) is 38.4 Å². The molecule has 0 aliphatic heterocycles. The van der Waals surface area contributed by atoms with Gasteiger partial charge in [0.15, 0.2) is 0 Å². The quantitative estimate of drug-likeness (QED) is 0.0920. The minimum Gasteiger partial charge on any atom is -0.480 e. The number of ether oxygens (including phenoxy) is 1. The molecule has 0 bridgehead atoms. The number of hydrogen-bond acceptors (Lipinski definition) is 5. The Morgan fingerprint density at radius 3 is 1.45 bits per heavy atom. The second-order valence-electron chi connectivity index (χ2n) is 13.9. The first-order valence-corrected chi connectivity index (χ1v) is 18.7. The van der Waals surface area contributed by atoms with E-state index in [2.05, 4.69) is 96.3 Å². The van der Waals surface area contributed by atoms with Crippen LogP contribution < -0.4 is 15.4 Å². The Bertz CT molecular complexity index is 2490. The molecule has 7 rings (SSSR count). The third kappa shape index (κ3) is 7.23. The summed E-state index contributed by atoms with van der Waals surface area (Å²) in [5, 5.41) is 15.9. The van der Waals surface area contributed by atoms with E-state index in [1.165, 1.54) is 21.9 Å². The van der Waals surface area contributed by atoms with Crippen molar-refractivity contribution in [2.24, 2.45) is 0 Å². The maximum Gasteiger partial charge on any atom is 0.257 e. The van der Waals surface area contributed by atoms with Gasteiger partial charge in [-0.1, -0.05) is 110 Å². The second kappa shape index (κ2) is 16.4. The van der Waals surface area contributed by atoms with Crippen LogP contribution in [0.3, 0.4) is 0 Å². The van der Waals surface area contributed by atoms with Crippen molar-refractivity contribution >= 4 is 54.9 Å². The molecule has 0 fully saturated rings. The van der Waals surface area contributed by atoms with Crippen LogP contribution in [-0.4, -0.2) is 55.9 Å². The number of rotatable bonds is 13. The molecule has 2 amide bonds. The van der Waals surface area contributed by atoms with E-state index in [-0.39, 0.29) is 24.2 Å². The molecule has 0 radical (unpaired) electrons. The normalized spacial score (nSPS) is 11.3. The van der Waals surface area contributed by atoms with Crippen molar-refractivity contribution in [2.75, 3.05) is 34.3 Å². The Kier molecular flexibility index (Phi) is 11.1. The summed E-state index contributed by atoms with van der Waals surface area (Å²) < 4.78 is 5.97. The molecular weight excluding hydrogens is 681 g/mol. The highest BCUT2D eigenvalue weighted by Gasteiger charge is 2.24. The van der Waals surface area contributed by atoms with Gasteiger partial charge in [-0.3, -0.25) is 9.59 Å². The highest BCUT2D eigenvalue weighted by atomic mass is 16.5. The summed E-state index contributed by atoms with van der Waals surface area (Å²) in [6, 6.07) is 38.5. The molecule has 7 nitrogen and oxygen atoms in total. The topological polar surface area (TPSA) is 73.9 Å². The average molecular weight is 727 g/mol. The van der Waals surface area contributed by atoms with Crippen molar-refractivity contribution in [1.82, 2.24) is 20.4 Å². The lowest BCUT2D eigenvalue weighted by atomic mass is 9.91. The van der Waals surface area contributed by atoms with Gasteiger partial charge in [-0.25, -0.2) is 0 Å². The number of amides is 2. The van der Waals surface area contributed by atoms with E-state index in [4.69, 9.17) is 11.2 Å². The number of carbonyl (C=O) groups is 2. The van der Waals surface area contributed by atoms with Crippen molar-refractivity contribution in [3.8, 4) is 18.1 Å². The summed E-state index contributed by atoms with van der Waals surface area (Å²) in [5.74, 6) is 2.36. The molecule has 0 atom stereocenters. The van der Waals surface area contributed by atoms with Crippen LogP contribution in [0.4, 0.5) is 0 Å². The van der Waals surface area contributed by atoms with E-state index in [0.29, 0.717) is 24.2 Å². The lowest BCUT2D eigenvalue weighted by molar-refractivity contribution is 0.0771. The van der Waals surface area contributed by atoms with Crippen molar-refractivity contribution in [2.45, 2.75) is 33.1 Å². The molecule has 2 N–H and O–H groups in total. The predicted molar refractivity (Wildman–Crippen MR) is 225 cm³/mol. The van der Waals surface area contributed by atoms with Gasteiger partial charge in [0.2, 0.25) is 0 Å². The molecule has 55 heavy (non-hydrogen) atoms. The molecule has 0 aromatic heterocycles. The zero-order chi connectivity index (χ0) is 38.5. The van der Waals surface area contributed by atoms with Gasteiger partial charge in [-0.15, -0.1) is 6.42 Å². The SMILES string of the molecule is C#CCOc1cc(C(=O)N(C)Cc2c3ccccc3c(CNCC)c3ccccc23)ccc1C(=O)N(C)Cc1c2ccccc2c(CNC)c2ccccc12. The van der Waals surface area contributed by atoms with Crippen LogP contribution in [-0.2, 0) is 26.2 Å². The molecule has 0 spiro atoms. The van der Waals surface area contributed by atoms with Gasteiger partial charge in [0.1, 0.15) is 12.4 Å². The number of nitrogens with zero attached hydrogens (tertiary/aromatic N) is 2. The minimum absolute atomic E-state index is 0.0447. The zero-order valence-corrected chi connectivity index (χ0v) is 31.9. The smallest absolute Gasteiger partial charge is 0.257 e. The van der Waals surface area contributed by atoms with E-state index in [0.717, 1.165) is 63.1 Å². The first-order valence-electron chi connectivity index (χ1n) is 18.7. The Morgan fingerprint density at radius 1 is 0.618 bits per heavy atom. The van der Waals surface area contributed by atoms with E-state index in [1.54, 1.807) is 35.0 Å². The monoisotopic (exact) mass is 726 g/mol. The Labute approximate surface area is 322 Å². The first kappa shape index (κ1) is 37.1.